The van der Waals surface area contributed by atoms with Gasteiger partial charge in [-0.15, -0.1) is 0 Å². The molecule has 0 aliphatic carbocycles. The highest BCUT2D eigenvalue weighted by atomic mass is 32.1. The predicted octanol–water partition coefficient (Wildman–Crippen LogP) is 1.19. The van der Waals surface area contributed by atoms with E-state index in [2.05, 4.69) is 15.2 Å². The van der Waals surface area contributed by atoms with Crippen LogP contribution >= 0.6 is 11.3 Å². The Bertz CT molecular complexity index is 490. The largest absolute Gasteiger partial charge is 0.480 e. The maximum Gasteiger partial charge on any atom is 0.235 e. The lowest BCUT2D eigenvalue weighted by molar-refractivity contribution is 0.402. The zero-order valence-electron chi connectivity index (χ0n) is 9.31. The Kier molecular flexibility index (Phi) is 2.69. The summed E-state index contributed by atoms with van der Waals surface area (Å²) in [7, 11) is 5.46. The van der Waals surface area contributed by atoms with Gasteiger partial charge < -0.3 is 15.4 Å². The molecule has 0 atom stereocenters. The van der Waals surface area contributed by atoms with Crippen molar-refractivity contribution < 1.29 is 4.74 Å². The molecule has 0 radical (unpaired) electrons. The Morgan fingerprint density at radius 3 is 2.75 bits per heavy atom. The van der Waals surface area contributed by atoms with Gasteiger partial charge in [-0.1, -0.05) is 11.3 Å². The number of rotatable bonds is 3. The van der Waals surface area contributed by atoms with E-state index in [4.69, 9.17) is 10.5 Å². The van der Waals surface area contributed by atoms with E-state index in [9.17, 15) is 0 Å². The van der Waals surface area contributed by atoms with Crippen LogP contribution in [0.3, 0.4) is 0 Å². The molecular weight excluding hydrogens is 226 g/mol. The maximum atomic E-state index is 5.56. The van der Waals surface area contributed by atoms with Crippen molar-refractivity contribution in [2.45, 2.75) is 0 Å². The van der Waals surface area contributed by atoms with Crippen LogP contribution in [0.1, 0.15) is 0 Å². The number of aromatic nitrogens is 3. The fraction of sp³-hybridized carbons (Fsp3) is 0.333. The van der Waals surface area contributed by atoms with Crippen LogP contribution in [0.15, 0.2) is 6.07 Å². The second-order valence-electron chi connectivity index (χ2n) is 3.44. The summed E-state index contributed by atoms with van der Waals surface area (Å²) in [5, 5.41) is 7.61. The fourth-order valence-corrected chi connectivity index (χ4v) is 2.17. The number of nitrogens with one attached hydrogen (secondary N) is 1. The van der Waals surface area contributed by atoms with Crippen molar-refractivity contribution >= 4 is 22.3 Å². The van der Waals surface area contributed by atoms with Gasteiger partial charge in [-0.3, -0.25) is 5.10 Å². The number of anilines is 2. The van der Waals surface area contributed by atoms with Crippen LogP contribution in [0.2, 0.25) is 0 Å². The van der Waals surface area contributed by atoms with Crippen LogP contribution in [0.5, 0.6) is 5.88 Å². The molecule has 6 nitrogen and oxygen atoms in total. The van der Waals surface area contributed by atoms with Crippen LogP contribution in [-0.4, -0.2) is 36.4 Å². The highest BCUT2D eigenvalue weighted by Crippen LogP contribution is 2.38. The summed E-state index contributed by atoms with van der Waals surface area (Å²) >= 11 is 1.52. The lowest BCUT2D eigenvalue weighted by atomic mass is 10.4. The number of thiazole rings is 1. The summed E-state index contributed by atoms with van der Waals surface area (Å²) in [6.07, 6.45) is 0. The molecule has 0 saturated heterocycles. The molecule has 2 aromatic rings. The van der Waals surface area contributed by atoms with Crippen molar-refractivity contribution in [2.75, 3.05) is 31.8 Å². The normalized spacial score (nSPS) is 10.4. The molecular formula is C9H13N5OS. The van der Waals surface area contributed by atoms with Crippen LogP contribution in [0.4, 0.5) is 10.9 Å². The molecule has 2 aromatic heterocycles. The van der Waals surface area contributed by atoms with Gasteiger partial charge in [-0.05, 0) is 0 Å². The standard InChI is InChI=1S/C9H13N5OS/c1-14(2)9-11-8(15-3)7(16-9)5-4-6(10)13-12-5/h4H,1-3H3,(H3,10,12,13). The number of aromatic amines is 1. The monoisotopic (exact) mass is 239 g/mol. The van der Waals surface area contributed by atoms with Crippen LogP contribution in [0.25, 0.3) is 10.6 Å². The summed E-state index contributed by atoms with van der Waals surface area (Å²) in [5.41, 5.74) is 6.38. The maximum absolute atomic E-state index is 5.56. The first-order valence-electron chi connectivity index (χ1n) is 4.65. The first-order chi connectivity index (χ1) is 7.61. The molecule has 3 N–H and O–H groups in total. The molecule has 2 heterocycles. The van der Waals surface area contributed by atoms with E-state index >= 15 is 0 Å². The van der Waals surface area contributed by atoms with Gasteiger partial charge in [-0.25, -0.2) is 0 Å². The molecule has 0 unspecified atom stereocenters. The molecule has 0 bridgehead atoms. The number of methoxy groups -OCH3 is 1. The van der Waals surface area contributed by atoms with Gasteiger partial charge in [0.2, 0.25) is 5.88 Å². The van der Waals surface area contributed by atoms with Crippen molar-refractivity contribution in [3.05, 3.63) is 6.07 Å². The van der Waals surface area contributed by atoms with Crippen LogP contribution in [0, 0.1) is 0 Å². The van der Waals surface area contributed by atoms with Gasteiger partial charge in [0.15, 0.2) is 5.13 Å². The van der Waals surface area contributed by atoms with E-state index in [-0.39, 0.29) is 0 Å². The highest BCUT2D eigenvalue weighted by Gasteiger charge is 2.16. The van der Waals surface area contributed by atoms with Gasteiger partial charge in [0, 0.05) is 20.2 Å². The van der Waals surface area contributed by atoms with Crippen molar-refractivity contribution in [1.29, 1.82) is 0 Å². The van der Waals surface area contributed by atoms with Crippen molar-refractivity contribution in [3.63, 3.8) is 0 Å². The summed E-state index contributed by atoms with van der Waals surface area (Å²) in [6, 6.07) is 1.76. The lowest BCUT2D eigenvalue weighted by Gasteiger charge is -2.04. The number of nitrogens with two attached hydrogens (primary N) is 1. The molecule has 7 heteroatoms. The molecule has 0 aliphatic heterocycles. The zero-order chi connectivity index (χ0) is 11.7. The lowest BCUT2D eigenvalue weighted by Crippen LogP contribution is -2.07. The van der Waals surface area contributed by atoms with E-state index in [1.54, 1.807) is 13.2 Å². The Balaban J connectivity index is 2.47. The molecule has 0 aliphatic rings. The van der Waals surface area contributed by atoms with Gasteiger partial charge >= 0.3 is 0 Å². The second-order valence-corrected chi connectivity index (χ2v) is 4.41. The van der Waals surface area contributed by atoms with Crippen LogP contribution < -0.4 is 15.4 Å². The Morgan fingerprint density at radius 2 is 2.25 bits per heavy atom. The van der Waals surface area contributed by atoms with Crippen molar-refractivity contribution in [1.82, 2.24) is 15.2 Å². The average molecular weight is 239 g/mol. The molecule has 0 amide bonds. The molecule has 16 heavy (non-hydrogen) atoms. The second kappa shape index (κ2) is 4.01. The highest BCUT2D eigenvalue weighted by molar-refractivity contribution is 7.19. The molecule has 0 spiro atoms. The number of nitrogens with zero attached hydrogens (tertiary/aromatic N) is 3. The zero-order valence-corrected chi connectivity index (χ0v) is 10.1. The first kappa shape index (κ1) is 10.7. The third kappa shape index (κ3) is 1.81. The number of hydrogen-bond acceptors (Lipinski definition) is 6. The van der Waals surface area contributed by atoms with E-state index in [1.165, 1.54) is 11.3 Å². The number of hydrogen-bond donors (Lipinski definition) is 2. The van der Waals surface area contributed by atoms with E-state index < -0.39 is 0 Å². The minimum atomic E-state index is 0.455. The van der Waals surface area contributed by atoms with Gasteiger partial charge in [-0.2, -0.15) is 10.1 Å². The third-order valence-electron chi connectivity index (χ3n) is 2.00. The van der Waals surface area contributed by atoms with Gasteiger partial charge in [0.25, 0.3) is 0 Å². The fourth-order valence-electron chi connectivity index (χ4n) is 1.25. The van der Waals surface area contributed by atoms with Crippen LogP contribution in [-0.2, 0) is 0 Å². The minimum absolute atomic E-state index is 0.455. The Labute approximate surface area is 97.1 Å². The van der Waals surface area contributed by atoms with Crippen molar-refractivity contribution in [2.24, 2.45) is 0 Å². The van der Waals surface area contributed by atoms with E-state index in [0.717, 1.165) is 15.7 Å². The number of ether oxygens (including phenoxy) is 1. The minimum Gasteiger partial charge on any atom is -0.480 e. The van der Waals surface area contributed by atoms with Crippen molar-refractivity contribution in [3.8, 4) is 16.5 Å². The molecule has 2 rings (SSSR count). The SMILES string of the molecule is COc1nc(N(C)C)sc1-c1cc(N)n[nH]1. The summed E-state index contributed by atoms with van der Waals surface area (Å²) in [4.78, 5) is 7.17. The molecule has 0 saturated carbocycles. The predicted molar refractivity (Wildman–Crippen MR) is 65.0 cm³/mol. The molecule has 0 aromatic carbocycles. The first-order valence-corrected chi connectivity index (χ1v) is 5.47. The molecule has 0 fully saturated rings. The number of nitrogen functional groups attached to an aromatic ring is 1. The summed E-state index contributed by atoms with van der Waals surface area (Å²) in [6.45, 7) is 0. The molecule has 86 valence electrons. The Morgan fingerprint density at radius 1 is 1.50 bits per heavy atom. The topological polar surface area (TPSA) is 80.1 Å². The van der Waals surface area contributed by atoms with E-state index in [1.807, 2.05) is 19.0 Å². The Hall–Kier alpha value is -1.76. The summed E-state index contributed by atoms with van der Waals surface area (Å²) < 4.78 is 5.22. The quantitative estimate of drug-likeness (QED) is 0.841. The average Bonchev–Trinajstić information content (AvgIpc) is 2.82. The smallest absolute Gasteiger partial charge is 0.235 e. The van der Waals surface area contributed by atoms with E-state index in [0.29, 0.717) is 11.7 Å². The summed E-state index contributed by atoms with van der Waals surface area (Å²) in [5.74, 6) is 1.04. The number of H-pyrrole nitrogens is 1. The third-order valence-corrected chi connectivity index (χ3v) is 3.24. The van der Waals surface area contributed by atoms with Gasteiger partial charge in [0.05, 0.1) is 12.8 Å². The van der Waals surface area contributed by atoms with Gasteiger partial charge in [0.1, 0.15) is 10.7 Å².